The second-order valence-electron chi connectivity index (χ2n) is 7.39. The summed E-state index contributed by atoms with van der Waals surface area (Å²) < 4.78 is 0. The highest BCUT2D eigenvalue weighted by molar-refractivity contribution is 7.80. The first-order valence-electron chi connectivity index (χ1n) is 8.84. The van der Waals surface area contributed by atoms with Gasteiger partial charge >= 0.3 is 0 Å². The first-order chi connectivity index (χ1) is 11.1. The third-order valence-corrected chi connectivity index (χ3v) is 6.53. The molecule has 0 spiro atoms. The van der Waals surface area contributed by atoms with Gasteiger partial charge in [0.1, 0.15) is 0 Å². The van der Waals surface area contributed by atoms with E-state index >= 15 is 0 Å². The molecule has 128 valence electrons. The van der Waals surface area contributed by atoms with E-state index in [1.54, 1.807) is 0 Å². The van der Waals surface area contributed by atoms with Gasteiger partial charge in [-0.05, 0) is 81.8 Å². The van der Waals surface area contributed by atoms with Crippen LogP contribution in [0.1, 0.15) is 37.0 Å². The number of thiophene rings is 1. The summed E-state index contributed by atoms with van der Waals surface area (Å²) in [6.07, 6.45) is 6.74. The zero-order chi connectivity index (χ0) is 16.2. The summed E-state index contributed by atoms with van der Waals surface area (Å²) in [6.45, 7) is 3.08. The highest BCUT2D eigenvalue weighted by Gasteiger charge is 2.40. The topological polar surface area (TPSA) is 18.5 Å². The largest absolute Gasteiger partial charge is 0.360 e. The van der Waals surface area contributed by atoms with Crippen LogP contribution in [-0.4, -0.2) is 48.1 Å². The number of hydrogen-bond donors (Lipinski definition) is 1. The van der Waals surface area contributed by atoms with Gasteiger partial charge in [-0.15, -0.1) is 11.3 Å². The first-order valence-corrected chi connectivity index (χ1v) is 10.1. The summed E-state index contributed by atoms with van der Waals surface area (Å²) in [7, 11) is 4.27. The molecule has 2 aliphatic rings. The van der Waals surface area contributed by atoms with Crippen molar-refractivity contribution in [2.75, 3.05) is 27.2 Å². The monoisotopic (exact) mass is 351 g/mol. The van der Waals surface area contributed by atoms with Crippen LogP contribution in [0, 0.1) is 11.8 Å². The van der Waals surface area contributed by atoms with Crippen LogP contribution in [0.2, 0.25) is 0 Å². The number of nitrogens with one attached hydrogen (secondary N) is 1. The zero-order valence-electron chi connectivity index (χ0n) is 14.3. The maximum atomic E-state index is 5.79. The molecule has 0 saturated heterocycles. The molecule has 1 aromatic heterocycles. The summed E-state index contributed by atoms with van der Waals surface area (Å²) >= 11 is 7.61. The Morgan fingerprint density at radius 1 is 1.30 bits per heavy atom. The predicted molar refractivity (Wildman–Crippen MR) is 103 cm³/mol. The van der Waals surface area contributed by atoms with Crippen molar-refractivity contribution in [1.29, 1.82) is 0 Å². The fraction of sp³-hybridized carbons (Fsp3) is 0.722. The van der Waals surface area contributed by atoms with Gasteiger partial charge < -0.3 is 15.1 Å². The first kappa shape index (κ1) is 17.2. The molecule has 0 aliphatic heterocycles. The van der Waals surface area contributed by atoms with Crippen LogP contribution >= 0.6 is 23.6 Å². The van der Waals surface area contributed by atoms with Gasteiger partial charge in [0.25, 0.3) is 0 Å². The molecular formula is C18H29N3S2. The lowest BCUT2D eigenvalue weighted by atomic mass is 9.95. The van der Waals surface area contributed by atoms with Gasteiger partial charge in [-0.25, -0.2) is 0 Å². The number of rotatable bonds is 7. The van der Waals surface area contributed by atoms with Crippen molar-refractivity contribution in [3.05, 3.63) is 22.4 Å². The van der Waals surface area contributed by atoms with Crippen molar-refractivity contribution in [2.24, 2.45) is 11.8 Å². The Balaban J connectivity index is 1.55. The quantitative estimate of drug-likeness (QED) is 0.757. The van der Waals surface area contributed by atoms with Crippen LogP contribution in [-0.2, 0) is 6.54 Å². The highest BCUT2D eigenvalue weighted by atomic mass is 32.1. The molecule has 0 unspecified atom stereocenters. The van der Waals surface area contributed by atoms with Crippen molar-refractivity contribution in [3.8, 4) is 0 Å². The van der Waals surface area contributed by atoms with Crippen molar-refractivity contribution in [3.63, 3.8) is 0 Å². The number of thiocarbonyl (C=S) groups is 1. The summed E-state index contributed by atoms with van der Waals surface area (Å²) in [5.41, 5.74) is 0. The summed E-state index contributed by atoms with van der Waals surface area (Å²) in [6, 6.07) is 4.97. The summed E-state index contributed by atoms with van der Waals surface area (Å²) in [5, 5.41) is 6.83. The Hall–Kier alpha value is -0.650. The van der Waals surface area contributed by atoms with Crippen molar-refractivity contribution < 1.29 is 0 Å². The molecule has 0 radical (unpaired) electrons. The smallest absolute Gasteiger partial charge is 0.169 e. The lowest BCUT2D eigenvalue weighted by Gasteiger charge is -2.31. The Labute approximate surface area is 150 Å². The number of nitrogens with zero attached hydrogens (tertiary/aromatic N) is 2. The van der Waals surface area contributed by atoms with Crippen LogP contribution in [0.3, 0.4) is 0 Å². The molecule has 1 N–H and O–H groups in total. The molecule has 1 aromatic rings. The molecule has 2 fully saturated rings. The van der Waals surface area contributed by atoms with Crippen molar-refractivity contribution in [2.45, 2.75) is 44.7 Å². The standard InChI is InChI=1S/C18H29N3S2/c1-20(2)8-4-9-21(13-16-5-3-10-23-16)18(22)19-17-12-14-6-7-15(17)11-14/h3,5,10,14-15,17H,4,6-9,11-13H2,1-2H3,(H,19,22)/t14-,15-,17+/m1/s1. The van der Waals surface area contributed by atoms with Gasteiger partial charge in [-0.3, -0.25) is 0 Å². The lowest BCUT2D eigenvalue weighted by molar-refractivity contribution is 0.328. The Morgan fingerprint density at radius 2 is 2.17 bits per heavy atom. The van der Waals surface area contributed by atoms with Crippen LogP contribution in [0.5, 0.6) is 0 Å². The molecule has 2 aliphatic carbocycles. The van der Waals surface area contributed by atoms with E-state index < -0.39 is 0 Å². The van der Waals surface area contributed by atoms with Crippen LogP contribution in [0.4, 0.5) is 0 Å². The highest BCUT2D eigenvalue weighted by Crippen LogP contribution is 2.44. The van der Waals surface area contributed by atoms with E-state index in [0.717, 1.165) is 43.0 Å². The molecule has 0 aromatic carbocycles. The fourth-order valence-electron chi connectivity index (χ4n) is 4.09. The molecule has 2 bridgehead atoms. The van der Waals surface area contributed by atoms with E-state index in [9.17, 15) is 0 Å². The minimum Gasteiger partial charge on any atom is -0.360 e. The minimum atomic E-state index is 0.626. The van der Waals surface area contributed by atoms with Gasteiger partial charge in [0.15, 0.2) is 5.11 Å². The third-order valence-electron chi connectivity index (χ3n) is 5.29. The second-order valence-corrected chi connectivity index (χ2v) is 8.81. The maximum absolute atomic E-state index is 5.79. The van der Waals surface area contributed by atoms with Crippen LogP contribution in [0.25, 0.3) is 0 Å². The van der Waals surface area contributed by atoms with Crippen LogP contribution in [0.15, 0.2) is 17.5 Å². The van der Waals surface area contributed by atoms with Gasteiger partial charge in [0.2, 0.25) is 0 Å². The van der Waals surface area contributed by atoms with Crippen LogP contribution < -0.4 is 5.32 Å². The van der Waals surface area contributed by atoms with E-state index in [4.69, 9.17) is 12.2 Å². The molecule has 5 heteroatoms. The van der Waals surface area contributed by atoms with E-state index in [0.29, 0.717) is 6.04 Å². The molecule has 3 atom stereocenters. The van der Waals surface area contributed by atoms with E-state index in [2.05, 4.69) is 46.7 Å². The van der Waals surface area contributed by atoms with Gasteiger partial charge in [0.05, 0.1) is 6.54 Å². The molecule has 3 nitrogen and oxygen atoms in total. The van der Waals surface area contributed by atoms with Gasteiger partial charge in [-0.2, -0.15) is 0 Å². The predicted octanol–water partition coefficient (Wildman–Crippen LogP) is 3.56. The van der Waals surface area contributed by atoms with Crippen molar-refractivity contribution in [1.82, 2.24) is 15.1 Å². The fourth-order valence-corrected chi connectivity index (χ4v) is 5.12. The van der Waals surface area contributed by atoms with Crippen molar-refractivity contribution >= 4 is 28.7 Å². The number of fused-ring (bicyclic) bond motifs is 2. The molecule has 2 saturated carbocycles. The Kier molecular flexibility index (Phi) is 5.94. The Morgan fingerprint density at radius 3 is 2.78 bits per heavy atom. The molecule has 0 amide bonds. The normalized spacial score (nSPS) is 26.0. The van der Waals surface area contributed by atoms with E-state index in [1.165, 1.54) is 30.6 Å². The summed E-state index contributed by atoms with van der Waals surface area (Å²) in [5.74, 6) is 1.82. The lowest BCUT2D eigenvalue weighted by Crippen LogP contribution is -2.46. The Bertz CT molecular complexity index is 500. The second kappa shape index (κ2) is 7.95. The van der Waals surface area contributed by atoms with Gasteiger partial charge in [-0.1, -0.05) is 12.5 Å². The number of hydrogen-bond acceptors (Lipinski definition) is 3. The minimum absolute atomic E-state index is 0.626. The average molecular weight is 352 g/mol. The molecule has 3 rings (SSSR count). The van der Waals surface area contributed by atoms with E-state index in [-0.39, 0.29) is 0 Å². The maximum Gasteiger partial charge on any atom is 0.169 e. The van der Waals surface area contributed by atoms with E-state index in [1.807, 2.05) is 11.3 Å². The van der Waals surface area contributed by atoms with Gasteiger partial charge in [0, 0.05) is 17.5 Å². The SMILES string of the molecule is CN(C)CCCN(Cc1cccs1)C(=S)N[C@H]1C[C@@H]2CC[C@@H]1C2. The summed E-state index contributed by atoms with van der Waals surface area (Å²) in [4.78, 5) is 6.01. The third kappa shape index (κ3) is 4.68. The zero-order valence-corrected chi connectivity index (χ0v) is 16.0. The molecule has 23 heavy (non-hydrogen) atoms. The molecular weight excluding hydrogens is 322 g/mol. The molecule has 1 heterocycles. The average Bonchev–Trinajstić information content (AvgIpc) is 3.23.